The Morgan fingerprint density at radius 1 is 1.25 bits per heavy atom. The molecule has 0 aliphatic carbocycles. The first-order valence-electron chi connectivity index (χ1n) is 5.29. The van der Waals surface area contributed by atoms with E-state index in [9.17, 15) is 4.39 Å². The SMILES string of the molecule is NCCCc1cnn(-c2ccc(F)cc2)c1. The van der Waals surface area contributed by atoms with Crippen molar-refractivity contribution in [2.24, 2.45) is 5.73 Å². The summed E-state index contributed by atoms with van der Waals surface area (Å²) in [6.07, 6.45) is 5.65. The Hall–Kier alpha value is -1.68. The number of aromatic nitrogens is 2. The van der Waals surface area contributed by atoms with Crippen molar-refractivity contribution in [1.82, 2.24) is 9.78 Å². The van der Waals surface area contributed by atoms with E-state index in [4.69, 9.17) is 5.73 Å². The van der Waals surface area contributed by atoms with E-state index in [1.54, 1.807) is 16.8 Å². The van der Waals surface area contributed by atoms with Gasteiger partial charge < -0.3 is 5.73 Å². The average Bonchev–Trinajstić information content (AvgIpc) is 2.76. The third-order valence-corrected chi connectivity index (χ3v) is 2.40. The predicted octanol–water partition coefficient (Wildman–Crippen LogP) is 1.90. The molecular weight excluding hydrogens is 205 g/mol. The van der Waals surface area contributed by atoms with Gasteiger partial charge in [-0.25, -0.2) is 9.07 Å². The molecule has 0 amide bonds. The summed E-state index contributed by atoms with van der Waals surface area (Å²) in [5.41, 5.74) is 7.45. The molecule has 84 valence electrons. The van der Waals surface area contributed by atoms with Crippen molar-refractivity contribution in [2.75, 3.05) is 6.54 Å². The zero-order valence-electron chi connectivity index (χ0n) is 8.94. The van der Waals surface area contributed by atoms with Crippen LogP contribution in [0, 0.1) is 5.82 Å². The summed E-state index contributed by atoms with van der Waals surface area (Å²) in [6, 6.07) is 6.26. The Morgan fingerprint density at radius 3 is 2.69 bits per heavy atom. The van der Waals surface area contributed by atoms with Gasteiger partial charge in [0.2, 0.25) is 0 Å². The molecule has 2 rings (SSSR count). The smallest absolute Gasteiger partial charge is 0.123 e. The highest BCUT2D eigenvalue weighted by Crippen LogP contribution is 2.10. The number of hydrogen-bond acceptors (Lipinski definition) is 2. The predicted molar refractivity (Wildman–Crippen MR) is 60.9 cm³/mol. The molecule has 3 nitrogen and oxygen atoms in total. The van der Waals surface area contributed by atoms with Crippen molar-refractivity contribution in [3.05, 3.63) is 48.0 Å². The molecule has 0 aliphatic heterocycles. The van der Waals surface area contributed by atoms with Crippen LogP contribution in [0.2, 0.25) is 0 Å². The van der Waals surface area contributed by atoms with Gasteiger partial charge >= 0.3 is 0 Å². The molecule has 0 spiro atoms. The summed E-state index contributed by atoms with van der Waals surface area (Å²) in [5, 5.41) is 4.22. The molecule has 1 aromatic carbocycles. The van der Waals surface area contributed by atoms with Gasteiger partial charge in [-0.2, -0.15) is 5.10 Å². The maximum Gasteiger partial charge on any atom is 0.123 e. The Labute approximate surface area is 93.7 Å². The normalized spacial score (nSPS) is 10.6. The summed E-state index contributed by atoms with van der Waals surface area (Å²) in [5.74, 6) is -0.237. The van der Waals surface area contributed by atoms with Gasteiger partial charge in [0.05, 0.1) is 11.9 Å². The minimum absolute atomic E-state index is 0.237. The standard InChI is InChI=1S/C12H14FN3/c13-11-3-5-12(6-4-11)16-9-10(8-15-16)2-1-7-14/h3-6,8-9H,1-2,7,14H2. The van der Waals surface area contributed by atoms with Gasteiger partial charge in [0.1, 0.15) is 5.82 Å². The van der Waals surface area contributed by atoms with Crippen LogP contribution in [0.1, 0.15) is 12.0 Å². The van der Waals surface area contributed by atoms with Crippen LogP contribution in [0.5, 0.6) is 0 Å². The monoisotopic (exact) mass is 219 g/mol. The number of halogens is 1. The quantitative estimate of drug-likeness (QED) is 0.853. The molecule has 4 heteroatoms. The van der Waals surface area contributed by atoms with Gasteiger partial charge in [0, 0.05) is 6.20 Å². The first-order valence-corrected chi connectivity index (χ1v) is 5.29. The zero-order chi connectivity index (χ0) is 11.4. The number of benzene rings is 1. The first kappa shape index (κ1) is 10.8. The first-order chi connectivity index (χ1) is 7.79. The molecular formula is C12H14FN3. The molecule has 0 bridgehead atoms. The second-order valence-corrected chi connectivity index (χ2v) is 3.66. The van der Waals surface area contributed by atoms with Crippen LogP contribution < -0.4 is 5.73 Å². The Balaban J connectivity index is 2.15. The van der Waals surface area contributed by atoms with E-state index in [0.29, 0.717) is 6.54 Å². The lowest BCUT2D eigenvalue weighted by atomic mass is 10.2. The number of aryl methyl sites for hydroxylation is 1. The summed E-state index contributed by atoms with van der Waals surface area (Å²) in [7, 11) is 0. The van der Waals surface area contributed by atoms with E-state index >= 15 is 0 Å². The Bertz CT molecular complexity index is 448. The summed E-state index contributed by atoms with van der Waals surface area (Å²) in [4.78, 5) is 0. The van der Waals surface area contributed by atoms with Crippen LogP contribution in [0.25, 0.3) is 5.69 Å². The molecule has 1 heterocycles. The lowest BCUT2D eigenvalue weighted by Gasteiger charge is -1.99. The highest BCUT2D eigenvalue weighted by Gasteiger charge is 2.00. The Kier molecular flexibility index (Phi) is 3.31. The topological polar surface area (TPSA) is 43.8 Å². The second-order valence-electron chi connectivity index (χ2n) is 3.66. The number of hydrogen-bond donors (Lipinski definition) is 1. The van der Waals surface area contributed by atoms with Crippen LogP contribution in [0.3, 0.4) is 0 Å². The number of nitrogens with zero attached hydrogens (tertiary/aromatic N) is 2. The fourth-order valence-corrected chi connectivity index (χ4v) is 1.53. The van der Waals surface area contributed by atoms with Crippen LogP contribution in [-0.2, 0) is 6.42 Å². The third kappa shape index (κ3) is 2.46. The minimum atomic E-state index is -0.237. The molecule has 0 saturated heterocycles. The number of rotatable bonds is 4. The maximum absolute atomic E-state index is 12.7. The lowest BCUT2D eigenvalue weighted by Crippen LogP contribution is -1.99. The fraction of sp³-hybridized carbons (Fsp3) is 0.250. The molecule has 0 aliphatic rings. The Morgan fingerprint density at radius 2 is 2.00 bits per heavy atom. The van der Waals surface area contributed by atoms with Gasteiger partial charge in [0.15, 0.2) is 0 Å². The summed E-state index contributed by atoms with van der Waals surface area (Å²) < 4.78 is 14.5. The van der Waals surface area contributed by atoms with Crippen molar-refractivity contribution in [3.63, 3.8) is 0 Å². The van der Waals surface area contributed by atoms with Crippen molar-refractivity contribution in [2.45, 2.75) is 12.8 Å². The lowest BCUT2D eigenvalue weighted by molar-refractivity contribution is 0.627. The highest BCUT2D eigenvalue weighted by molar-refractivity contribution is 5.31. The average molecular weight is 219 g/mol. The van der Waals surface area contributed by atoms with Crippen molar-refractivity contribution in [3.8, 4) is 5.69 Å². The van der Waals surface area contributed by atoms with Crippen molar-refractivity contribution >= 4 is 0 Å². The largest absolute Gasteiger partial charge is 0.330 e. The van der Waals surface area contributed by atoms with Crippen LogP contribution >= 0.6 is 0 Å². The van der Waals surface area contributed by atoms with Crippen LogP contribution in [0.15, 0.2) is 36.7 Å². The van der Waals surface area contributed by atoms with E-state index in [1.807, 2.05) is 12.4 Å². The molecule has 0 unspecified atom stereocenters. The van der Waals surface area contributed by atoms with Gasteiger partial charge in [-0.1, -0.05) is 0 Å². The summed E-state index contributed by atoms with van der Waals surface area (Å²) in [6.45, 7) is 0.682. The van der Waals surface area contributed by atoms with E-state index in [2.05, 4.69) is 5.10 Å². The van der Waals surface area contributed by atoms with Crippen molar-refractivity contribution < 1.29 is 4.39 Å². The second kappa shape index (κ2) is 4.90. The van der Waals surface area contributed by atoms with Crippen molar-refractivity contribution in [1.29, 1.82) is 0 Å². The molecule has 16 heavy (non-hydrogen) atoms. The van der Waals surface area contributed by atoms with E-state index in [0.717, 1.165) is 24.1 Å². The summed E-state index contributed by atoms with van der Waals surface area (Å²) >= 11 is 0. The van der Waals surface area contributed by atoms with Crippen LogP contribution in [-0.4, -0.2) is 16.3 Å². The number of nitrogens with two attached hydrogens (primary N) is 1. The zero-order valence-corrected chi connectivity index (χ0v) is 8.94. The van der Waals surface area contributed by atoms with E-state index in [1.165, 1.54) is 12.1 Å². The van der Waals surface area contributed by atoms with Gasteiger partial charge in [-0.3, -0.25) is 0 Å². The molecule has 0 radical (unpaired) electrons. The molecule has 1 aromatic heterocycles. The van der Waals surface area contributed by atoms with Crippen LogP contribution in [0.4, 0.5) is 4.39 Å². The van der Waals surface area contributed by atoms with E-state index < -0.39 is 0 Å². The molecule has 2 N–H and O–H groups in total. The molecule has 2 aromatic rings. The molecule has 0 atom stereocenters. The third-order valence-electron chi connectivity index (χ3n) is 2.40. The van der Waals surface area contributed by atoms with Gasteiger partial charge in [0.25, 0.3) is 0 Å². The van der Waals surface area contributed by atoms with Gasteiger partial charge in [-0.15, -0.1) is 0 Å². The minimum Gasteiger partial charge on any atom is -0.330 e. The van der Waals surface area contributed by atoms with E-state index in [-0.39, 0.29) is 5.82 Å². The molecule has 0 fully saturated rings. The fourth-order valence-electron chi connectivity index (χ4n) is 1.53. The highest BCUT2D eigenvalue weighted by atomic mass is 19.1. The maximum atomic E-state index is 12.7. The van der Waals surface area contributed by atoms with Gasteiger partial charge in [-0.05, 0) is 49.2 Å². The molecule has 0 saturated carbocycles.